The van der Waals surface area contributed by atoms with Gasteiger partial charge in [-0.2, -0.15) is 0 Å². The van der Waals surface area contributed by atoms with E-state index in [1.54, 1.807) is 12.4 Å². The van der Waals surface area contributed by atoms with Crippen LogP contribution in [-0.2, 0) is 41.6 Å². The third kappa shape index (κ3) is 16.2. The minimum Gasteiger partial charge on any atom is -0.480 e. The van der Waals surface area contributed by atoms with Crippen LogP contribution in [0, 0.1) is 5.92 Å². The first-order chi connectivity index (χ1) is 31.6. The first-order valence-corrected chi connectivity index (χ1v) is 22.7. The van der Waals surface area contributed by atoms with E-state index in [0.717, 1.165) is 21.8 Å². The van der Waals surface area contributed by atoms with Gasteiger partial charge in [0.25, 0.3) is 0 Å². The van der Waals surface area contributed by atoms with Crippen molar-refractivity contribution in [3.8, 4) is 0 Å². The number of nitrogens with one attached hydrogen (secondary N) is 7. The SMILES string of the molecule is CC(C)C[C@H](NC(=O)[C@@H](Cc1c[nH]c2ccccc12)NC(=O)[C@H](CCCCN)NC(=O)[C@@H](CCCN=C(N)N)NC(=O)[C@@H](N)CCCCN)C(=O)N[C@H](Cc1c[nH]c2ccccc12)C(=O)O. The summed E-state index contributed by atoms with van der Waals surface area (Å²) in [6.45, 7) is 4.66. The van der Waals surface area contributed by atoms with Crippen LogP contribution in [0.3, 0.4) is 0 Å². The predicted molar refractivity (Wildman–Crippen MR) is 254 cm³/mol. The first-order valence-electron chi connectivity index (χ1n) is 22.7. The number of unbranched alkanes of at least 4 members (excludes halogenated alkanes) is 2. The first kappa shape index (κ1) is 52.1. The molecule has 18 N–H and O–H groups in total. The number of aromatic nitrogens is 2. The van der Waals surface area contributed by atoms with Crippen LogP contribution in [-0.4, -0.2) is 112 Å². The van der Waals surface area contributed by atoms with Gasteiger partial charge in [-0.1, -0.05) is 56.7 Å². The van der Waals surface area contributed by atoms with E-state index in [1.807, 2.05) is 62.4 Å². The standard InChI is InChI=1S/C46H69N13O7/c1-27(2)22-37(43(63)59-39(45(65)66)24-29-26-54-34-16-6-4-13-31(29)34)57-44(64)38(23-28-25-53-33-15-5-3-12-30(28)33)58-42(62)35(17-8-10-20-48)56-41(61)36(18-11-21-52-46(50)51)55-40(60)32(49)14-7-9-19-47/h3-6,12-13,15-16,25-27,32,35-39,53-54H,7-11,14,17-24,47-49H2,1-2H3,(H,55,60)(H,56,61)(H,57,64)(H,58,62)(H,59,63)(H,65,66)(H4,50,51,52)/t32-,35-,36+,37-,38+,39+/m0/s1. The Morgan fingerprint density at radius 3 is 1.56 bits per heavy atom. The number of carbonyl (C=O) groups excluding carboxylic acids is 5. The number of amides is 5. The number of guanidine groups is 1. The Balaban J connectivity index is 1.60. The summed E-state index contributed by atoms with van der Waals surface area (Å²) < 4.78 is 0. The van der Waals surface area contributed by atoms with Crippen molar-refractivity contribution >= 4 is 63.3 Å². The quantitative estimate of drug-likeness (QED) is 0.0203. The number of rotatable bonds is 29. The maximum absolute atomic E-state index is 14.5. The molecule has 2 heterocycles. The number of carboxylic acids is 1. The van der Waals surface area contributed by atoms with Crippen molar-refractivity contribution < 1.29 is 33.9 Å². The van der Waals surface area contributed by atoms with Crippen LogP contribution in [0.4, 0.5) is 0 Å². The molecular weight excluding hydrogens is 847 g/mol. The Morgan fingerprint density at radius 1 is 0.591 bits per heavy atom. The van der Waals surface area contributed by atoms with E-state index in [-0.39, 0.29) is 50.5 Å². The van der Waals surface area contributed by atoms with Gasteiger partial charge in [0.1, 0.15) is 30.2 Å². The predicted octanol–water partition coefficient (Wildman–Crippen LogP) is 0.628. The van der Waals surface area contributed by atoms with E-state index in [9.17, 15) is 33.9 Å². The topological polar surface area (TPSA) is 357 Å². The third-order valence-electron chi connectivity index (χ3n) is 11.2. The summed E-state index contributed by atoms with van der Waals surface area (Å²) in [4.78, 5) is 93.0. The van der Waals surface area contributed by atoms with Crippen LogP contribution in [0.15, 0.2) is 65.9 Å². The summed E-state index contributed by atoms with van der Waals surface area (Å²) in [6.07, 6.45) is 6.67. The maximum Gasteiger partial charge on any atom is 0.326 e. The molecule has 4 rings (SSSR count). The summed E-state index contributed by atoms with van der Waals surface area (Å²) in [7, 11) is 0. The number of hydrogen-bond acceptors (Lipinski definition) is 10. The van der Waals surface area contributed by atoms with E-state index in [2.05, 4.69) is 41.5 Å². The summed E-state index contributed by atoms with van der Waals surface area (Å²) in [5.74, 6) is -4.83. The zero-order chi connectivity index (χ0) is 48.2. The molecule has 0 saturated heterocycles. The molecule has 20 heteroatoms. The molecule has 0 spiro atoms. The average molecular weight is 916 g/mol. The number of para-hydroxylation sites is 2. The van der Waals surface area contributed by atoms with E-state index in [1.165, 1.54) is 0 Å². The van der Waals surface area contributed by atoms with Crippen LogP contribution in [0.2, 0.25) is 0 Å². The number of hydrogen-bond donors (Lipinski definition) is 13. The molecule has 2 aromatic carbocycles. The van der Waals surface area contributed by atoms with Crippen LogP contribution < -0.4 is 55.3 Å². The highest BCUT2D eigenvalue weighted by Gasteiger charge is 2.34. The minimum absolute atomic E-state index is 0.0215. The summed E-state index contributed by atoms with van der Waals surface area (Å²) >= 11 is 0. The van der Waals surface area contributed by atoms with Crippen molar-refractivity contribution in [2.24, 2.45) is 39.6 Å². The molecular formula is C46H69N13O7. The normalized spacial score (nSPS) is 14.1. The highest BCUT2D eigenvalue weighted by Crippen LogP contribution is 2.21. The maximum atomic E-state index is 14.5. The number of aliphatic imine (C=N–C) groups is 1. The Labute approximate surface area is 384 Å². The molecule has 360 valence electrons. The smallest absolute Gasteiger partial charge is 0.326 e. The number of benzene rings is 2. The van der Waals surface area contributed by atoms with Crippen LogP contribution >= 0.6 is 0 Å². The van der Waals surface area contributed by atoms with E-state index in [0.29, 0.717) is 62.7 Å². The van der Waals surface area contributed by atoms with E-state index in [4.69, 9.17) is 28.7 Å². The number of aliphatic carboxylic acids is 1. The monoisotopic (exact) mass is 916 g/mol. The largest absolute Gasteiger partial charge is 0.480 e. The Morgan fingerprint density at radius 2 is 1.03 bits per heavy atom. The van der Waals surface area contributed by atoms with E-state index < -0.39 is 71.8 Å². The lowest BCUT2D eigenvalue weighted by molar-refractivity contribution is -0.142. The summed E-state index contributed by atoms with van der Waals surface area (Å²) in [5, 5.41) is 25.6. The number of nitrogens with two attached hydrogens (primary N) is 5. The fourth-order valence-electron chi connectivity index (χ4n) is 7.69. The Bertz CT molecular complexity index is 2250. The molecule has 0 aliphatic carbocycles. The molecule has 0 bridgehead atoms. The van der Waals surface area contributed by atoms with Crippen LogP contribution in [0.25, 0.3) is 21.8 Å². The number of fused-ring (bicyclic) bond motifs is 2. The lowest BCUT2D eigenvalue weighted by Gasteiger charge is -2.28. The highest BCUT2D eigenvalue weighted by atomic mass is 16.4. The second kappa shape index (κ2) is 26.5. The molecule has 20 nitrogen and oxygen atoms in total. The number of nitrogens with zero attached hydrogens (tertiary/aromatic N) is 1. The van der Waals surface area contributed by atoms with Gasteiger partial charge in [0, 0.05) is 53.6 Å². The van der Waals surface area contributed by atoms with Gasteiger partial charge in [0.05, 0.1) is 6.04 Å². The second-order valence-corrected chi connectivity index (χ2v) is 17.0. The molecule has 0 aliphatic rings. The molecule has 0 fully saturated rings. The number of carbonyl (C=O) groups is 6. The van der Waals surface area contributed by atoms with Crippen LogP contribution in [0.1, 0.15) is 82.8 Å². The van der Waals surface area contributed by atoms with Gasteiger partial charge >= 0.3 is 5.97 Å². The Hall–Kier alpha value is -6.51. The Kier molecular flexibility index (Phi) is 20.9. The fourth-order valence-corrected chi connectivity index (χ4v) is 7.69. The van der Waals surface area contributed by atoms with Crippen molar-refractivity contribution in [1.29, 1.82) is 0 Å². The molecule has 66 heavy (non-hydrogen) atoms. The molecule has 4 aromatic rings. The highest BCUT2D eigenvalue weighted by molar-refractivity contribution is 5.97. The second-order valence-electron chi connectivity index (χ2n) is 17.0. The zero-order valence-electron chi connectivity index (χ0n) is 37.9. The minimum atomic E-state index is -1.32. The molecule has 0 saturated carbocycles. The third-order valence-corrected chi connectivity index (χ3v) is 11.2. The molecule has 0 radical (unpaired) electrons. The zero-order valence-corrected chi connectivity index (χ0v) is 37.9. The average Bonchev–Trinajstić information content (AvgIpc) is 3.89. The van der Waals surface area contributed by atoms with Gasteiger partial charge < -0.3 is 70.3 Å². The van der Waals surface area contributed by atoms with Crippen molar-refractivity contribution in [2.45, 2.75) is 121 Å². The molecule has 5 amide bonds. The lowest BCUT2D eigenvalue weighted by Crippen LogP contribution is -2.59. The van der Waals surface area contributed by atoms with Gasteiger partial charge in [-0.3, -0.25) is 29.0 Å². The van der Waals surface area contributed by atoms with Gasteiger partial charge in [0.2, 0.25) is 29.5 Å². The fraction of sp³-hybridized carbons (Fsp3) is 0.500. The van der Waals surface area contributed by atoms with E-state index >= 15 is 0 Å². The van der Waals surface area contributed by atoms with Crippen molar-refractivity contribution in [3.05, 3.63) is 72.1 Å². The van der Waals surface area contributed by atoms with Crippen molar-refractivity contribution in [3.63, 3.8) is 0 Å². The molecule has 0 unspecified atom stereocenters. The number of aromatic amines is 2. The summed E-state index contributed by atoms with van der Waals surface area (Å²) in [6, 6.07) is 7.84. The molecule has 0 aliphatic heterocycles. The van der Waals surface area contributed by atoms with Crippen molar-refractivity contribution in [1.82, 2.24) is 36.6 Å². The number of carboxylic acid groups (broad SMARTS) is 1. The van der Waals surface area contributed by atoms with Gasteiger partial charge in [0.15, 0.2) is 5.96 Å². The number of H-pyrrole nitrogens is 2. The van der Waals surface area contributed by atoms with Crippen LogP contribution in [0.5, 0.6) is 0 Å². The summed E-state index contributed by atoms with van der Waals surface area (Å²) in [5.41, 5.74) is 31.5. The van der Waals surface area contributed by atoms with Crippen molar-refractivity contribution in [2.75, 3.05) is 19.6 Å². The van der Waals surface area contributed by atoms with Gasteiger partial charge in [-0.15, -0.1) is 0 Å². The van der Waals surface area contributed by atoms with Gasteiger partial charge in [-0.05, 0) is 93.6 Å². The molecule has 6 atom stereocenters. The molecule has 2 aromatic heterocycles. The van der Waals surface area contributed by atoms with Gasteiger partial charge in [-0.25, -0.2) is 4.79 Å². The lowest BCUT2D eigenvalue weighted by atomic mass is 9.99.